The van der Waals surface area contributed by atoms with Crippen molar-refractivity contribution in [1.29, 1.82) is 0 Å². The number of amides is 1. The fourth-order valence-corrected chi connectivity index (χ4v) is 3.36. The molecular weight excluding hydrogens is 339 g/mol. The van der Waals surface area contributed by atoms with Crippen LogP contribution in [0.4, 0.5) is 0 Å². The summed E-state index contributed by atoms with van der Waals surface area (Å²) in [5.74, 6) is -0.0497. The number of carbonyl (C=O) groups excluding carboxylic acids is 1. The van der Waals surface area contributed by atoms with E-state index >= 15 is 0 Å². The van der Waals surface area contributed by atoms with Crippen molar-refractivity contribution in [3.8, 4) is 0 Å². The van der Waals surface area contributed by atoms with E-state index in [9.17, 15) is 4.79 Å². The molecule has 0 bridgehead atoms. The monoisotopic (exact) mass is 356 g/mol. The first-order valence-corrected chi connectivity index (χ1v) is 8.56. The smallest absolute Gasteiger partial charge is 0.224 e. The van der Waals surface area contributed by atoms with Crippen LogP contribution in [0.2, 0.25) is 10.0 Å². The molecule has 1 aromatic heterocycles. The Morgan fingerprint density at radius 3 is 2.68 bits per heavy atom. The van der Waals surface area contributed by atoms with Crippen LogP contribution in [0.3, 0.4) is 0 Å². The van der Waals surface area contributed by atoms with E-state index in [1.54, 1.807) is 29.5 Å². The molecule has 0 radical (unpaired) electrons. The van der Waals surface area contributed by atoms with E-state index in [1.807, 2.05) is 19.5 Å². The van der Waals surface area contributed by atoms with Crippen LogP contribution < -0.4 is 5.32 Å². The fraction of sp³-hybridized carbons (Fsp3) is 0.312. The zero-order chi connectivity index (χ0) is 16.1. The van der Waals surface area contributed by atoms with Gasteiger partial charge in [0.25, 0.3) is 0 Å². The molecule has 0 saturated carbocycles. The summed E-state index contributed by atoms with van der Waals surface area (Å²) < 4.78 is 0. The van der Waals surface area contributed by atoms with Crippen LogP contribution in [0.1, 0.15) is 17.2 Å². The van der Waals surface area contributed by atoms with Crippen LogP contribution in [0.5, 0.6) is 0 Å². The minimum atomic E-state index is -0.0497. The summed E-state index contributed by atoms with van der Waals surface area (Å²) in [6, 6.07) is 7.42. The standard InChI is InChI=1S/C16H18Cl2N2OS/c1-20(2)15(12-5-6-22-10-12)9-19-16(21)7-11-3-4-13(17)8-14(11)18/h3-6,8,10,15H,7,9H2,1-2H3,(H,19,21)/t15-/m0/s1. The maximum absolute atomic E-state index is 12.1. The van der Waals surface area contributed by atoms with Crippen molar-refractivity contribution in [3.63, 3.8) is 0 Å². The van der Waals surface area contributed by atoms with E-state index in [1.165, 1.54) is 5.56 Å². The van der Waals surface area contributed by atoms with E-state index in [2.05, 4.69) is 21.7 Å². The lowest BCUT2D eigenvalue weighted by Gasteiger charge is -2.24. The predicted octanol–water partition coefficient (Wildman–Crippen LogP) is 4.02. The van der Waals surface area contributed by atoms with Gasteiger partial charge in [0.05, 0.1) is 12.5 Å². The van der Waals surface area contributed by atoms with Gasteiger partial charge in [0.15, 0.2) is 0 Å². The minimum absolute atomic E-state index is 0.0497. The molecule has 0 saturated heterocycles. The summed E-state index contributed by atoms with van der Waals surface area (Å²) in [5, 5.41) is 8.21. The van der Waals surface area contributed by atoms with E-state index in [-0.39, 0.29) is 18.4 Å². The van der Waals surface area contributed by atoms with E-state index in [0.29, 0.717) is 16.6 Å². The summed E-state index contributed by atoms with van der Waals surface area (Å²) in [6.07, 6.45) is 0.250. The second-order valence-electron chi connectivity index (χ2n) is 5.25. The van der Waals surface area contributed by atoms with Gasteiger partial charge in [-0.3, -0.25) is 4.79 Å². The van der Waals surface area contributed by atoms with Gasteiger partial charge in [-0.15, -0.1) is 0 Å². The minimum Gasteiger partial charge on any atom is -0.354 e. The van der Waals surface area contributed by atoms with Gasteiger partial charge in [0, 0.05) is 16.6 Å². The number of halogens is 2. The molecule has 6 heteroatoms. The lowest BCUT2D eigenvalue weighted by molar-refractivity contribution is -0.120. The van der Waals surface area contributed by atoms with E-state index in [0.717, 1.165) is 5.56 Å². The van der Waals surface area contributed by atoms with Gasteiger partial charge in [0.1, 0.15) is 0 Å². The first-order valence-electron chi connectivity index (χ1n) is 6.86. The molecule has 2 aromatic rings. The highest BCUT2D eigenvalue weighted by Gasteiger charge is 2.16. The largest absolute Gasteiger partial charge is 0.354 e. The number of nitrogens with one attached hydrogen (secondary N) is 1. The van der Waals surface area contributed by atoms with Gasteiger partial charge >= 0.3 is 0 Å². The van der Waals surface area contributed by atoms with Crippen LogP contribution in [0.15, 0.2) is 35.0 Å². The molecule has 3 nitrogen and oxygen atoms in total. The Morgan fingerprint density at radius 1 is 1.32 bits per heavy atom. The summed E-state index contributed by atoms with van der Waals surface area (Å²) >= 11 is 13.6. The Morgan fingerprint density at radius 2 is 2.09 bits per heavy atom. The Kier molecular flexibility index (Phi) is 6.26. The second kappa shape index (κ2) is 7.97. The normalized spacial score (nSPS) is 12.4. The van der Waals surface area contributed by atoms with Crippen molar-refractivity contribution < 1.29 is 4.79 Å². The maximum Gasteiger partial charge on any atom is 0.224 e. The molecule has 0 spiro atoms. The molecule has 2 rings (SSSR count). The Labute approximate surface area is 144 Å². The maximum atomic E-state index is 12.1. The third kappa shape index (κ3) is 4.71. The van der Waals surface area contributed by atoms with Crippen LogP contribution in [-0.4, -0.2) is 31.4 Å². The number of hydrogen-bond donors (Lipinski definition) is 1. The van der Waals surface area contributed by atoms with Crippen molar-refractivity contribution in [2.24, 2.45) is 0 Å². The topological polar surface area (TPSA) is 32.3 Å². The fourth-order valence-electron chi connectivity index (χ4n) is 2.17. The zero-order valence-electron chi connectivity index (χ0n) is 12.5. The third-order valence-electron chi connectivity index (χ3n) is 3.41. The molecule has 0 aliphatic rings. The highest BCUT2D eigenvalue weighted by molar-refractivity contribution is 7.07. The second-order valence-corrected chi connectivity index (χ2v) is 6.88. The first-order chi connectivity index (χ1) is 10.5. The molecule has 0 aliphatic heterocycles. The molecular formula is C16H18Cl2N2OS. The molecule has 0 unspecified atom stereocenters. The summed E-state index contributed by atoms with van der Waals surface area (Å²) in [5.41, 5.74) is 1.99. The van der Waals surface area contributed by atoms with Crippen molar-refractivity contribution >= 4 is 40.4 Å². The van der Waals surface area contributed by atoms with Gasteiger partial charge in [-0.05, 0) is 54.2 Å². The molecule has 1 heterocycles. The number of benzene rings is 1. The number of thiophene rings is 1. The molecule has 1 atom stereocenters. The number of rotatable bonds is 6. The third-order valence-corrected chi connectivity index (χ3v) is 4.70. The quantitative estimate of drug-likeness (QED) is 0.847. The number of nitrogens with zero attached hydrogens (tertiary/aromatic N) is 1. The molecule has 1 aromatic carbocycles. The highest BCUT2D eigenvalue weighted by atomic mass is 35.5. The van der Waals surface area contributed by atoms with Gasteiger partial charge in [0.2, 0.25) is 5.91 Å². The van der Waals surface area contributed by atoms with Crippen molar-refractivity contribution in [2.45, 2.75) is 12.5 Å². The first kappa shape index (κ1) is 17.3. The van der Waals surface area contributed by atoms with Crippen molar-refractivity contribution in [3.05, 3.63) is 56.2 Å². The zero-order valence-corrected chi connectivity index (χ0v) is 14.8. The SMILES string of the molecule is CN(C)[C@@H](CNC(=O)Cc1ccc(Cl)cc1Cl)c1ccsc1. The Bertz CT molecular complexity index is 629. The molecule has 0 aliphatic carbocycles. The number of likely N-dealkylation sites (N-methyl/N-ethyl adjacent to an activating group) is 1. The lowest BCUT2D eigenvalue weighted by atomic mass is 10.1. The van der Waals surface area contributed by atoms with Crippen LogP contribution in [-0.2, 0) is 11.2 Å². The van der Waals surface area contributed by atoms with Crippen LogP contribution in [0.25, 0.3) is 0 Å². The van der Waals surface area contributed by atoms with Gasteiger partial charge in [-0.25, -0.2) is 0 Å². The van der Waals surface area contributed by atoms with Gasteiger partial charge in [-0.1, -0.05) is 29.3 Å². The molecule has 1 amide bonds. The molecule has 0 fully saturated rings. The average molecular weight is 357 g/mol. The van der Waals surface area contributed by atoms with E-state index in [4.69, 9.17) is 23.2 Å². The van der Waals surface area contributed by atoms with E-state index < -0.39 is 0 Å². The predicted molar refractivity (Wildman–Crippen MR) is 93.9 cm³/mol. The van der Waals surface area contributed by atoms with Gasteiger partial charge in [-0.2, -0.15) is 11.3 Å². The van der Waals surface area contributed by atoms with Crippen LogP contribution in [0, 0.1) is 0 Å². The van der Waals surface area contributed by atoms with Crippen molar-refractivity contribution in [1.82, 2.24) is 10.2 Å². The lowest BCUT2D eigenvalue weighted by Crippen LogP contribution is -2.35. The molecule has 22 heavy (non-hydrogen) atoms. The number of carbonyl (C=O) groups is 1. The summed E-state index contributed by atoms with van der Waals surface area (Å²) in [6.45, 7) is 0.563. The van der Waals surface area contributed by atoms with Gasteiger partial charge < -0.3 is 10.2 Å². The summed E-state index contributed by atoms with van der Waals surface area (Å²) in [7, 11) is 4.01. The highest BCUT2D eigenvalue weighted by Crippen LogP contribution is 2.22. The molecule has 118 valence electrons. The summed E-state index contributed by atoms with van der Waals surface area (Å²) in [4.78, 5) is 14.2. The molecule has 1 N–H and O–H groups in total. The average Bonchev–Trinajstić information content (AvgIpc) is 2.96. The Hall–Kier alpha value is -1.07. The van der Waals surface area contributed by atoms with Crippen LogP contribution >= 0.6 is 34.5 Å². The Balaban J connectivity index is 1.94. The van der Waals surface area contributed by atoms with Crippen molar-refractivity contribution in [2.75, 3.05) is 20.6 Å². The number of hydrogen-bond acceptors (Lipinski definition) is 3.